The minimum absolute atomic E-state index is 0.0658. The van der Waals surface area contributed by atoms with Gasteiger partial charge >= 0.3 is 0 Å². The highest BCUT2D eigenvalue weighted by Gasteiger charge is 2.08. The molecule has 2 rings (SSSR count). The van der Waals surface area contributed by atoms with Gasteiger partial charge in [-0.3, -0.25) is 4.21 Å². The molecule has 0 spiro atoms. The molecule has 1 aromatic carbocycles. The molecular weight excluding hydrogens is 248 g/mol. The zero-order chi connectivity index (χ0) is 13.1. The fourth-order valence-corrected chi connectivity index (χ4v) is 1.89. The summed E-state index contributed by atoms with van der Waals surface area (Å²) >= 11 is 0. The van der Waals surface area contributed by atoms with Crippen molar-refractivity contribution in [3.63, 3.8) is 0 Å². The van der Waals surface area contributed by atoms with Crippen LogP contribution in [0.15, 0.2) is 24.5 Å². The summed E-state index contributed by atoms with van der Waals surface area (Å²) in [5, 5.41) is 4.14. The molecule has 0 aliphatic heterocycles. The van der Waals surface area contributed by atoms with E-state index in [1.807, 2.05) is 25.1 Å². The van der Waals surface area contributed by atoms with Crippen LogP contribution in [0.25, 0.3) is 10.9 Å². The summed E-state index contributed by atoms with van der Waals surface area (Å²) < 4.78 is 11.3. The number of hydrogen-bond donors (Lipinski definition) is 2. The molecule has 18 heavy (non-hydrogen) atoms. The van der Waals surface area contributed by atoms with Gasteiger partial charge in [0.05, 0.1) is 5.52 Å². The minimum atomic E-state index is -0.853. The first-order chi connectivity index (χ1) is 8.58. The van der Waals surface area contributed by atoms with Gasteiger partial charge in [0.1, 0.15) is 12.1 Å². The lowest BCUT2D eigenvalue weighted by Crippen LogP contribution is -2.21. The second kappa shape index (κ2) is 5.30. The van der Waals surface area contributed by atoms with Crippen molar-refractivity contribution in [3.8, 4) is 0 Å². The van der Waals surface area contributed by atoms with Crippen LogP contribution in [0, 0.1) is 0 Å². The summed E-state index contributed by atoms with van der Waals surface area (Å²) in [5.74, 6) is 0.726. The van der Waals surface area contributed by atoms with Gasteiger partial charge in [-0.1, -0.05) is 0 Å². The van der Waals surface area contributed by atoms with Crippen molar-refractivity contribution in [2.45, 2.75) is 12.2 Å². The molecule has 2 aromatic rings. The van der Waals surface area contributed by atoms with Crippen molar-refractivity contribution in [1.29, 1.82) is 0 Å². The van der Waals surface area contributed by atoms with Crippen molar-refractivity contribution in [2.24, 2.45) is 0 Å². The molecular formula is C12H16N4OS. The molecule has 2 unspecified atom stereocenters. The van der Waals surface area contributed by atoms with Gasteiger partial charge < -0.3 is 11.1 Å². The lowest BCUT2D eigenvalue weighted by Gasteiger charge is -2.12. The zero-order valence-corrected chi connectivity index (χ0v) is 11.2. The van der Waals surface area contributed by atoms with Gasteiger partial charge in [-0.2, -0.15) is 0 Å². The van der Waals surface area contributed by atoms with Crippen LogP contribution in [0.3, 0.4) is 0 Å². The summed E-state index contributed by atoms with van der Waals surface area (Å²) in [6.07, 6.45) is 3.21. The maximum absolute atomic E-state index is 11.3. The molecule has 1 aromatic heterocycles. The Morgan fingerprint density at radius 1 is 1.44 bits per heavy atom. The third-order valence-corrected chi connectivity index (χ3v) is 4.08. The molecule has 5 nitrogen and oxygen atoms in total. The fourth-order valence-electron chi connectivity index (χ4n) is 1.57. The van der Waals surface area contributed by atoms with Crippen molar-refractivity contribution in [3.05, 3.63) is 24.5 Å². The van der Waals surface area contributed by atoms with Gasteiger partial charge in [0.2, 0.25) is 0 Å². The van der Waals surface area contributed by atoms with Crippen LogP contribution in [0.1, 0.15) is 6.92 Å². The Hall–Kier alpha value is -1.69. The number of benzene rings is 1. The van der Waals surface area contributed by atoms with Crippen LogP contribution in [0.4, 0.5) is 11.5 Å². The number of nitrogens with one attached hydrogen (secondary N) is 1. The fraction of sp³-hybridized carbons (Fsp3) is 0.333. The highest BCUT2D eigenvalue weighted by atomic mass is 32.2. The SMILES string of the molecule is CC(CNc1ncnc2ccc(N)cc12)S(C)=O. The number of hydrogen-bond acceptors (Lipinski definition) is 5. The maximum Gasteiger partial charge on any atom is 0.137 e. The lowest BCUT2D eigenvalue weighted by atomic mass is 10.2. The van der Waals surface area contributed by atoms with Crippen molar-refractivity contribution >= 4 is 33.2 Å². The Balaban J connectivity index is 2.27. The van der Waals surface area contributed by atoms with Gasteiger partial charge in [-0.05, 0) is 25.1 Å². The number of fused-ring (bicyclic) bond motifs is 1. The Kier molecular flexibility index (Phi) is 3.76. The Morgan fingerprint density at radius 3 is 2.94 bits per heavy atom. The first kappa shape index (κ1) is 12.8. The number of nitrogens with two attached hydrogens (primary N) is 1. The maximum atomic E-state index is 11.3. The predicted octanol–water partition coefficient (Wildman–Crippen LogP) is 1.39. The molecule has 0 fully saturated rings. The van der Waals surface area contributed by atoms with Crippen LogP contribution >= 0.6 is 0 Å². The first-order valence-corrected chi connectivity index (χ1v) is 7.26. The van der Waals surface area contributed by atoms with Crippen LogP contribution in [-0.4, -0.2) is 32.2 Å². The number of nitrogen functional groups attached to an aromatic ring is 1. The summed E-state index contributed by atoms with van der Waals surface area (Å²) in [6.45, 7) is 2.53. The molecule has 0 radical (unpaired) electrons. The predicted molar refractivity (Wildman–Crippen MR) is 76.0 cm³/mol. The van der Waals surface area contributed by atoms with E-state index in [1.54, 1.807) is 6.26 Å². The van der Waals surface area contributed by atoms with Crippen molar-refractivity contribution in [1.82, 2.24) is 9.97 Å². The number of anilines is 2. The second-order valence-corrected chi connectivity index (χ2v) is 5.99. The van der Waals surface area contributed by atoms with Gasteiger partial charge in [0.15, 0.2) is 0 Å². The van der Waals surface area contributed by atoms with Crippen LogP contribution in [0.5, 0.6) is 0 Å². The average Bonchev–Trinajstić information content (AvgIpc) is 2.35. The molecule has 0 aliphatic rings. The van der Waals surface area contributed by atoms with E-state index in [0.29, 0.717) is 12.2 Å². The molecule has 0 saturated carbocycles. The van der Waals surface area contributed by atoms with Gasteiger partial charge in [0.25, 0.3) is 0 Å². The Labute approximate surface area is 108 Å². The topological polar surface area (TPSA) is 80.9 Å². The molecule has 3 N–H and O–H groups in total. The summed E-state index contributed by atoms with van der Waals surface area (Å²) in [4.78, 5) is 8.38. The van der Waals surface area contributed by atoms with Crippen LogP contribution in [-0.2, 0) is 10.8 Å². The quantitative estimate of drug-likeness (QED) is 0.816. The Morgan fingerprint density at radius 2 is 2.22 bits per heavy atom. The number of aromatic nitrogens is 2. The molecule has 2 atom stereocenters. The van der Waals surface area contributed by atoms with Crippen LogP contribution in [0.2, 0.25) is 0 Å². The molecule has 1 heterocycles. The molecule has 6 heteroatoms. The summed E-state index contributed by atoms with van der Waals surface area (Å²) in [6, 6.07) is 5.51. The van der Waals surface area contributed by atoms with E-state index in [0.717, 1.165) is 16.7 Å². The molecule has 0 amide bonds. The zero-order valence-electron chi connectivity index (χ0n) is 10.4. The average molecular weight is 264 g/mol. The van der Waals surface area contributed by atoms with Gasteiger partial charge in [-0.15, -0.1) is 0 Å². The second-order valence-electron chi connectivity index (χ2n) is 4.19. The third-order valence-electron chi connectivity index (χ3n) is 2.78. The summed E-state index contributed by atoms with van der Waals surface area (Å²) in [5.41, 5.74) is 7.28. The first-order valence-electron chi connectivity index (χ1n) is 5.64. The van der Waals surface area contributed by atoms with E-state index in [4.69, 9.17) is 5.73 Å². The van der Waals surface area contributed by atoms with Crippen LogP contribution < -0.4 is 11.1 Å². The van der Waals surface area contributed by atoms with E-state index in [9.17, 15) is 4.21 Å². The van der Waals surface area contributed by atoms with E-state index < -0.39 is 10.8 Å². The van der Waals surface area contributed by atoms with E-state index >= 15 is 0 Å². The smallest absolute Gasteiger partial charge is 0.137 e. The lowest BCUT2D eigenvalue weighted by molar-refractivity contribution is 0.679. The van der Waals surface area contributed by atoms with Gasteiger partial charge in [-0.25, -0.2) is 9.97 Å². The summed E-state index contributed by atoms with van der Waals surface area (Å²) in [7, 11) is -0.853. The van der Waals surface area contributed by atoms with E-state index in [-0.39, 0.29) is 5.25 Å². The van der Waals surface area contributed by atoms with Crippen molar-refractivity contribution in [2.75, 3.05) is 23.9 Å². The van der Waals surface area contributed by atoms with E-state index in [1.165, 1.54) is 6.33 Å². The minimum Gasteiger partial charge on any atom is -0.399 e. The van der Waals surface area contributed by atoms with E-state index in [2.05, 4.69) is 15.3 Å². The molecule has 0 aliphatic carbocycles. The Bertz CT molecular complexity index is 587. The third kappa shape index (κ3) is 2.76. The number of nitrogens with zero attached hydrogens (tertiary/aromatic N) is 2. The van der Waals surface area contributed by atoms with Crippen molar-refractivity contribution < 1.29 is 4.21 Å². The normalized spacial score (nSPS) is 14.3. The highest BCUT2D eigenvalue weighted by Crippen LogP contribution is 2.21. The molecule has 0 saturated heterocycles. The molecule has 0 bridgehead atoms. The van der Waals surface area contributed by atoms with Gasteiger partial charge in [0, 0.05) is 39.9 Å². The highest BCUT2D eigenvalue weighted by molar-refractivity contribution is 7.84. The molecule has 96 valence electrons. The standard InChI is InChI=1S/C12H16N4OS/c1-8(18(2)17)6-14-12-10-5-9(13)3-4-11(10)15-7-16-12/h3-5,7-8H,6,13H2,1-2H3,(H,14,15,16). The number of rotatable bonds is 4. The monoisotopic (exact) mass is 264 g/mol. The largest absolute Gasteiger partial charge is 0.399 e.